The number of hydrogen-bond acceptors (Lipinski definition) is 3. The molecule has 2 aliphatic rings. The molecule has 0 aromatic carbocycles. The quantitative estimate of drug-likeness (QED) is 0.747. The summed E-state index contributed by atoms with van der Waals surface area (Å²) in [5, 5.41) is 3.16. The third-order valence-electron chi connectivity index (χ3n) is 2.24. The second-order valence-electron chi connectivity index (χ2n) is 3.09. The lowest BCUT2D eigenvalue weighted by atomic mass is 10.2. The minimum absolute atomic E-state index is 0.838. The molecule has 0 amide bonds. The molecule has 0 aliphatic carbocycles. The molecule has 1 saturated heterocycles. The SMILES string of the molecule is BrC1=CNCC=C1N1CCOCC1. The van der Waals surface area contributed by atoms with Crippen LogP contribution in [-0.4, -0.2) is 37.7 Å². The maximum Gasteiger partial charge on any atom is 0.0642 e. The van der Waals surface area contributed by atoms with Gasteiger partial charge in [0.25, 0.3) is 0 Å². The summed E-state index contributed by atoms with van der Waals surface area (Å²) in [6.45, 7) is 4.58. The van der Waals surface area contributed by atoms with Gasteiger partial charge in [0.15, 0.2) is 0 Å². The van der Waals surface area contributed by atoms with E-state index in [2.05, 4.69) is 32.2 Å². The maximum absolute atomic E-state index is 5.31. The molecule has 0 spiro atoms. The number of hydrogen-bond donors (Lipinski definition) is 1. The van der Waals surface area contributed by atoms with Gasteiger partial charge in [-0.3, -0.25) is 0 Å². The van der Waals surface area contributed by atoms with Gasteiger partial charge in [0.05, 0.1) is 23.4 Å². The molecule has 0 radical (unpaired) electrons. The molecule has 2 aliphatic heterocycles. The van der Waals surface area contributed by atoms with Crippen LogP contribution in [0.2, 0.25) is 0 Å². The predicted octanol–water partition coefficient (Wildman–Crippen LogP) is 1.04. The van der Waals surface area contributed by atoms with Crippen LogP contribution in [0, 0.1) is 0 Å². The highest BCUT2D eigenvalue weighted by atomic mass is 79.9. The predicted molar refractivity (Wildman–Crippen MR) is 55.5 cm³/mol. The van der Waals surface area contributed by atoms with Crippen molar-refractivity contribution in [3.8, 4) is 0 Å². The zero-order valence-electron chi connectivity index (χ0n) is 7.42. The molecule has 2 heterocycles. The summed E-state index contributed by atoms with van der Waals surface area (Å²) in [5.74, 6) is 0. The molecule has 0 atom stereocenters. The highest BCUT2D eigenvalue weighted by Crippen LogP contribution is 2.22. The van der Waals surface area contributed by atoms with E-state index in [9.17, 15) is 0 Å². The van der Waals surface area contributed by atoms with E-state index in [-0.39, 0.29) is 0 Å². The minimum Gasteiger partial charge on any atom is -0.386 e. The van der Waals surface area contributed by atoms with Crippen molar-refractivity contribution in [3.05, 3.63) is 22.5 Å². The topological polar surface area (TPSA) is 24.5 Å². The lowest BCUT2D eigenvalue weighted by Gasteiger charge is -2.32. The first kappa shape index (κ1) is 9.09. The van der Waals surface area contributed by atoms with Crippen LogP contribution < -0.4 is 5.32 Å². The summed E-state index contributed by atoms with van der Waals surface area (Å²) in [5.41, 5.74) is 1.29. The summed E-state index contributed by atoms with van der Waals surface area (Å²) in [6.07, 6.45) is 4.21. The van der Waals surface area contributed by atoms with E-state index in [0.29, 0.717) is 0 Å². The molecule has 0 aromatic rings. The Balaban J connectivity index is 2.05. The number of nitrogens with one attached hydrogen (secondary N) is 1. The molecule has 0 bridgehead atoms. The molecular weight excluding hydrogens is 232 g/mol. The fourth-order valence-electron chi connectivity index (χ4n) is 1.56. The average Bonchev–Trinajstić information content (AvgIpc) is 2.20. The number of ether oxygens (including phenoxy) is 1. The Labute approximate surface area is 86.6 Å². The third-order valence-corrected chi connectivity index (χ3v) is 2.87. The van der Waals surface area contributed by atoms with E-state index >= 15 is 0 Å². The third kappa shape index (κ3) is 2.06. The van der Waals surface area contributed by atoms with Crippen LogP contribution in [0.4, 0.5) is 0 Å². The number of dihydropyridines is 1. The molecule has 2 rings (SSSR count). The summed E-state index contributed by atoms with van der Waals surface area (Å²) >= 11 is 3.54. The zero-order valence-corrected chi connectivity index (χ0v) is 9.01. The van der Waals surface area contributed by atoms with Gasteiger partial charge in [-0.25, -0.2) is 0 Å². The largest absolute Gasteiger partial charge is 0.386 e. The lowest BCUT2D eigenvalue weighted by molar-refractivity contribution is 0.0550. The molecule has 0 unspecified atom stereocenters. The van der Waals surface area contributed by atoms with Crippen molar-refractivity contribution >= 4 is 15.9 Å². The Morgan fingerprint density at radius 1 is 1.38 bits per heavy atom. The molecular formula is C9H13BrN2O. The van der Waals surface area contributed by atoms with Gasteiger partial charge in [-0.1, -0.05) is 0 Å². The molecule has 3 nitrogen and oxygen atoms in total. The Morgan fingerprint density at radius 2 is 2.15 bits per heavy atom. The van der Waals surface area contributed by atoms with Crippen molar-refractivity contribution in [1.82, 2.24) is 10.2 Å². The number of halogens is 1. The highest BCUT2D eigenvalue weighted by molar-refractivity contribution is 9.11. The van der Waals surface area contributed by atoms with Crippen molar-refractivity contribution in [3.63, 3.8) is 0 Å². The van der Waals surface area contributed by atoms with Crippen LogP contribution in [0.15, 0.2) is 22.5 Å². The molecule has 0 aromatic heterocycles. The van der Waals surface area contributed by atoms with Crippen molar-refractivity contribution < 1.29 is 4.74 Å². The van der Waals surface area contributed by atoms with Crippen molar-refractivity contribution in [1.29, 1.82) is 0 Å². The van der Waals surface area contributed by atoms with Crippen LogP contribution in [0.3, 0.4) is 0 Å². The van der Waals surface area contributed by atoms with E-state index < -0.39 is 0 Å². The number of allylic oxidation sites excluding steroid dienone is 1. The van der Waals surface area contributed by atoms with Gasteiger partial charge in [0.2, 0.25) is 0 Å². The van der Waals surface area contributed by atoms with Gasteiger partial charge in [-0.05, 0) is 22.0 Å². The van der Waals surface area contributed by atoms with Crippen molar-refractivity contribution in [2.24, 2.45) is 0 Å². The van der Waals surface area contributed by atoms with Gasteiger partial charge in [-0.15, -0.1) is 0 Å². The Kier molecular flexibility index (Phi) is 2.90. The van der Waals surface area contributed by atoms with E-state index in [1.807, 2.05) is 6.20 Å². The normalized spacial score (nSPS) is 23.3. The van der Waals surface area contributed by atoms with Crippen LogP contribution >= 0.6 is 15.9 Å². The first-order valence-corrected chi connectivity index (χ1v) is 5.29. The van der Waals surface area contributed by atoms with E-state index in [1.165, 1.54) is 5.70 Å². The fraction of sp³-hybridized carbons (Fsp3) is 0.556. The minimum atomic E-state index is 0.838. The second-order valence-corrected chi connectivity index (χ2v) is 3.94. The van der Waals surface area contributed by atoms with E-state index in [0.717, 1.165) is 37.3 Å². The number of rotatable bonds is 1. The van der Waals surface area contributed by atoms with Crippen molar-refractivity contribution in [2.75, 3.05) is 32.8 Å². The first-order valence-electron chi connectivity index (χ1n) is 4.50. The standard InChI is InChI=1S/C9H13BrN2O/c10-8-7-11-2-1-9(8)12-3-5-13-6-4-12/h1,7,11H,2-6H2. The Hall–Kier alpha value is -0.480. The van der Waals surface area contributed by atoms with Crippen LogP contribution in [0.1, 0.15) is 0 Å². The van der Waals surface area contributed by atoms with Gasteiger partial charge in [0, 0.05) is 25.8 Å². The van der Waals surface area contributed by atoms with Crippen molar-refractivity contribution in [2.45, 2.75) is 0 Å². The summed E-state index contributed by atoms with van der Waals surface area (Å²) in [7, 11) is 0. The average molecular weight is 245 g/mol. The van der Waals surface area contributed by atoms with Gasteiger partial charge in [-0.2, -0.15) is 0 Å². The summed E-state index contributed by atoms with van der Waals surface area (Å²) in [6, 6.07) is 0. The number of nitrogens with zero attached hydrogens (tertiary/aromatic N) is 1. The molecule has 1 fully saturated rings. The van der Waals surface area contributed by atoms with E-state index in [1.54, 1.807) is 0 Å². The Bertz CT molecular complexity index is 244. The van der Waals surface area contributed by atoms with Crippen LogP contribution in [0.25, 0.3) is 0 Å². The van der Waals surface area contributed by atoms with Crippen LogP contribution in [-0.2, 0) is 4.74 Å². The molecule has 1 N–H and O–H groups in total. The summed E-state index contributed by atoms with van der Waals surface area (Å²) in [4.78, 5) is 2.35. The summed E-state index contributed by atoms with van der Waals surface area (Å²) < 4.78 is 6.45. The van der Waals surface area contributed by atoms with Gasteiger partial charge < -0.3 is 15.0 Å². The van der Waals surface area contributed by atoms with Gasteiger partial charge >= 0.3 is 0 Å². The fourth-order valence-corrected chi connectivity index (χ4v) is 2.13. The molecule has 4 heteroatoms. The smallest absolute Gasteiger partial charge is 0.0642 e. The van der Waals surface area contributed by atoms with E-state index in [4.69, 9.17) is 4.74 Å². The maximum atomic E-state index is 5.31. The molecule has 0 saturated carbocycles. The monoisotopic (exact) mass is 244 g/mol. The van der Waals surface area contributed by atoms with Crippen LogP contribution in [0.5, 0.6) is 0 Å². The first-order chi connectivity index (χ1) is 6.38. The van der Waals surface area contributed by atoms with Gasteiger partial charge in [0.1, 0.15) is 0 Å². The Morgan fingerprint density at radius 3 is 2.85 bits per heavy atom. The zero-order chi connectivity index (χ0) is 9.10. The molecule has 13 heavy (non-hydrogen) atoms. The lowest BCUT2D eigenvalue weighted by Crippen LogP contribution is -2.37. The molecule has 72 valence electrons. The highest BCUT2D eigenvalue weighted by Gasteiger charge is 2.16. The second kappa shape index (κ2) is 4.15. The number of morpholine rings is 1.